The minimum atomic E-state index is -0.318. The largest absolute Gasteiger partial charge is 0.394 e. The monoisotopic (exact) mass is 428 g/mol. The van der Waals surface area contributed by atoms with E-state index in [9.17, 15) is 4.39 Å². The van der Waals surface area contributed by atoms with Gasteiger partial charge < -0.3 is 15.7 Å². The molecule has 0 radical (unpaired) electrons. The molecule has 3 rings (SSSR count). The highest BCUT2D eigenvalue weighted by Gasteiger charge is 2.26. The van der Waals surface area contributed by atoms with Gasteiger partial charge in [-0.05, 0) is 60.6 Å². The lowest BCUT2D eigenvalue weighted by atomic mass is 10.2. The Kier molecular flexibility index (Phi) is 4.96. The number of rotatable bonds is 6. The van der Waals surface area contributed by atoms with Gasteiger partial charge in [-0.2, -0.15) is 4.98 Å². The van der Waals surface area contributed by atoms with E-state index in [1.165, 1.54) is 6.07 Å². The number of hydrogen-bond acceptors (Lipinski definition) is 5. The van der Waals surface area contributed by atoms with E-state index < -0.39 is 0 Å². The van der Waals surface area contributed by atoms with Crippen LogP contribution in [-0.4, -0.2) is 27.7 Å². The van der Waals surface area contributed by atoms with Gasteiger partial charge >= 0.3 is 0 Å². The molecule has 5 nitrogen and oxygen atoms in total. The lowest BCUT2D eigenvalue weighted by molar-refractivity contribution is 0.281. The molecule has 1 aromatic carbocycles. The summed E-state index contributed by atoms with van der Waals surface area (Å²) in [5.74, 6) is 1.13. The van der Waals surface area contributed by atoms with E-state index in [0.29, 0.717) is 23.4 Å². The van der Waals surface area contributed by atoms with E-state index in [1.807, 2.05) is 19.1 Å². The van der Waals surface area contributed by atoms with Crippen LogP contribution in [0, 0.1) is 9.39 Å². The molecule has 1 heterocycles. The molecule has 1 aliphatic rings. The van der Waals surface area contributed by atoms with Gasteiger partial charge in [0.25, 0.3) is 0 Å². The molecule has 1 aromatic heterocycles. The van der Waals surface area contributed by atoms with Crippen molar-refractivity contribution in [2.75, 3.05) is 17.2 Å². The summed E-state index contributed by atoms with van der Waals surface area (Å²) in [4.78, 5) is 8.87. The lowest BCUT2D eigenvalue weighted by Gasteiger charge is -2.14. The van der Waals surface area contributed by atoms with Gasteiger partial charge in [0.2, 0.25) is 5.95 Å². The summed E-state index contributed by atoms with van der Waals surface area (Å²) in [6.45, 7) is 1.84. The number of benzene rings is 1. The van der Waals surface area contributed by atoms with Crippen LogP contribution in [0.2, 0.25) is 0 Å². The molecule has 1 atom stereocenters. The van der Waals surface area contributed by atoms with Crippen LogP contribution in [0.25, 0.3) is 0 Å². The van der Waals surface area contributed by atoms with Gasteiger partial charge in [0.05, 0.1) is 18.0 Å². The van der Waals surface area contributed by atoms with Crippen LogP contribution in [0.3, 0.4) is 0 Å². The van der Waals surface area contributed by atoms with Crippen molar-refractivity contribution in [3.05, 3.63) is 39.3 Å². The smallest absolute Gasteiger partial charge is 0.225 e. The van der Waals surface area contributed by atoms with E-state index in [1.54, 1.807) is 6.07 Å². The molecule has 1 aliphatic carbocycles. The molecule has 1 saturated carbocycles. The maximum absolute atomic E-state index is 14.0. The number of aromatic nitrogens is 2. The molecule has 3 N–H and O–H groups in total. The van der Waals surface area contributed by atoms with Crippen molar-refractivity contribution in [2.24, 2.45) is 0 Å². The fraction of sp³-hybridized carbons (Fsp3) is 0.375. The molecular weight excluding hydrogens is 410 g/mol. The quantitative estimate of drug-likeness (QED) is 0.614. The van der Waals surface area contributed by atoms with Crippen molar-refractivity contribution >= 4 is 40.0 Å². The Hall–Kier alpha value is -1.48. The third-order valence-electron chi connectivity index (χ3n) is 3.58. The van der Waals surface area contributed by atoms with Gasteiger partial charge in [0.1, 0.15) is 11.6 Å². The first-order valence-electron chi connectivity index (χ1n) is 7.53. The summed E-state index contributed by atoms with van der Waals surface area (Å²) >= 11 is 2.07. The third kappa shape index (κ3) is 4.29. The molecule has 122 valence electrons. The highest BCUT2D eigenvalue weighted by Crippen LogP contribution is 2.40. The lowest BCUT2D eigenvalue weighted by Crippen LogP contribution is -2.21. The van der Waals surface area contributed by atoms with E-state index in [-0.39, 0.29) is 18.5 Å². The molecule has 0 unspecified atom stereocenters. The summed E-state index contributed by atoms with van der Waals surface area (Å²) in [5.41, 5.74) is 1.33. The van der Waals surface area contributed by atoms with Crippen LogP contribution in [0.1, 0.15) is 31.4 Å². The summed E-state index contributed by atoms with van der Waals surface area (Å²) in [6, 6.07) is 6.72. The molecule has 7 heteroatoms. The maximum atomic E-state index is 14.0. The van der Waals surface area contributed by atoms with E-state index in [4.69, 9.17) is 5.11 Å². The van der Waals surface area contributed by atoms with E-state index in [2.05, 4.69) is 43.2 Å². The normalized spacial score (nSPS) is 15.3. The summed E-state index contributed by atoms with van der Waals surface area (Å²) in [6.07, 6.45) is 2.23. The highest BCUT2D eigenvalue weighted by atomic mass is 127. The fourth-order valence-corrected chi connectivity index (χ4v) is 2.63. The topological polar surface area (TPSA) is 70.1 Å². The van der Waals surface area contributed by atoms with Crippen LogP contribution < -0.4 is 10.6 Å². The second kappa shape index (κ2) is 6.96. The van der Waals surface area contributed by atoms with Crippen LogP contribution >= 0.6 is 22.6 Å². The molecular formula is C16H18FIN4O. The Morgan fingerprint density at radius 2 is 2.13 bits per heavy atom. The number of aliphatic hydroxyl groups excluding tert-OH is 1. The van der Waals surface area contributed by atoms with Crippen molar-refractivity contribution < 1.29 is 9.50 Å². The van der Waals surface area contributed by atoms with Gasteiger partial charge in [0.15, 0.2) is 0 Å². The zero-order chi connectivity index (χ0) is 16.4. The summed E-state index contributed by atoms with van der Waals surface area (Å²) < 4.78 is 14.9. The van der Waals surface area contributed by atoms with Gasteiger partial charge in [-0.15, -0.1) is 0 Å². The van der Waals surface area contributed by atoms with Crippen molar-refractivity contribution in [3.8, 4) is 0 Å². The Bertz CT molecular complexity index is 708. The zero-order valence-electron chi connectivity index (χ0n) is 12.7. The Morgan fingerprint density at radius 3 is 2.78 bits per heavy atom. The molecule has 0 bridgehead atoms. The van der Waals surface area contributed by atoms with Crippen molar-refractivity contribution in [1.29, 1.82) is 0 Å². The second-order valence-electron chi connectivity index (χ2n) is 5.75. The Labute approximate surface area is 147 Å². The number of anilines is 3. The molecule has 23 heavy (non-hydrogen) atoms. The second-order valence-corrected chi connectivity index (χ2v) is 7.00. The zero-order valence-corrected chi connectivity index (χ0v) is 14.8. The molecule has 0 aliphatic heterocycles. The van der Waals surface area contributed by atoms with Gasteiger partial charge in [0, 0.05) is 21.6 Å². The first-order valence-corrected chi connectivity index (χ1v) is 8.61. The predicted molar refractivity (Wildman–Crippen MR) is 96.6 cm³/mol. The number of halogens is 2. The SMILES string of the molecule is C[C@@H](CO)Nc1nc(Nc2ccc(I)cc2F)cc(C2CC2)n1. The maximum Gasteiger partial charge on any atom is 0.225 e. The number of nitrogens with zero attached hydrogens (tertiary/aromatic N) is 2. The van der Waals surface area contributed by atoms with Crippen LogP contribution in [-0.2, 0) is 0 Å². The average molecular weight is 428 g/mol. The van der Waals surface area contributed by atoms with E-state index in [0.717, 1.165) is 22.1 Å². The first kappa shape index (κ1) is 16.4. The predicted octanol–water partition coefficient (Wildman–Crippen LogP) is 3.63. The number of nitrogens with one attached hydrogen (secondary N) is 2. The summed E-state index contributed by atoms with van der Waals surface area (Å²) in [5, 5.41) is 15.2. The number of hydrogen-bond donors (Lipinski definition) is 3. The van der Waals surface area contributed by atoms with E-state index >= 15 is 0 Å². The van der Waals surface area contributed by atoms with Crippen LogP contribution in [0.4, 0.5) is 21.8 Å². The fourth-order valence-electron chi connectivity index (χ4n) is 2.18. The van der Waals surface area contributed by atoms with Crippen molar-refractivity contribution in [3.63, 3.8) is 0 Å². The average Bonchev–Trinajstić information content (AvgIpc) is 3.34. The summed E-state index contributed by atoms with van der Waals surface area (Å²) in [7, 11) is 0. The molecule has 0 saturated heterocycles. The van der Waals surface area contributed by atoms with Crippen molar-refractivity contribution in [1.82, 2.24) is 9.97 Å². The molecule has 2 aromatic rings. The minimum Gasteiger partial charge on any atom is -0.394 e. The molecule has 0 amide bonds. The molecule has 0 spiro atoms. The minimum absolute atomic E-state index is 0.00840. The first-order chi connectivity index (χ1) is 11.0. The van der Waals surface area contributed by atoms with Gasteiger partial charge in [-0.3, -0.25) is 0 Å². The van der Waals surface area contributed by atoms with Crippen molar-refractivity contribution in [2.45, 2.75) is 31.7 Å². The van der Waals surface area contributed by atoms with Crippen LogP contribution in [0.15, 0.2) is 24.3 Å². The standard InChI is InChI=1S/C16H18FIN4O/c1-9(8-23)19-16-21-14(10-2-3-10)7-15(22-16)20-13-5-4-11(18)6-12(13)17/h4-7,9-10,23H,2-3,8H2,1H3,(H2,19,20,21,22)/t9-/m0/s1. The van der Waals surface area contributed by atoms with Gasteiger partial charge in [-0.25, -0.2) is 9.37 Å². The van der Waals surface area contributed by atoms with Crippen LogP contribution in [0.5, 0.6) is 0 Å². The van der Waals surface area contributed by atoms with Gasteiger partial charge in [-0.1, -0.05) is 0 Å². The molecule has 1 fully saturated rings. The Morgan fingerprint density at radius 1 is 1.35 bits per heavy atom. The number of aliphatic hydroxyl groups is 1. The third-order valence-corrected chi connectivity index (χ3v) is 4.26. The highest BCUT2D eigenvalue weighted by molar-refractivity contribution is 14.1. The Balaban J connectivity index is 1.87.